The highest BCUT2D eigenvalue weighted by atomic mass is 32.2. The monoisotopic (exact) mass is 401 g/mol. The van der Waals surface area contributed by atoms with E-state index in [1.165, 1.54) is 37.4 Å². The largest absolute Gasteiger partial charge is 0.496 e. The van der Waals surface area contributed by atoms with Crippen molar-refractivity contribution in [3.8, 4) is 5.75 Å². The molecule has 0 radical (unpaired) electrons. The SMILES string of the molecule is COc1ccccc1C(C)NC(=O)CSc1nnc(N2CCCC2)n1C1CC1. The maximum atomic E-state index is 12.5. The molecule has 1 aromatic heterocycles. The highest BCUT2D eigenvalue weighted by Gasteiger charge is 2.32. The fourth-order valence-corrected chi connectivity index (χ4v) is 4.48. The van der Waals surface area contributed by atoms with E-state index in [0.717, 1.165) is 35.5 Å². The first-order valence-electron chi connectivity index (χ1n) is 9.92. The second-order valence-corrected chi connectivity index (χ2v) is 8.34. The van der Waals surface area contributed by atoms with Gasteiger partial charge >= 0.3 is 0 Å². The molecule has 28 heavy (non-hydrogen) atoms. The van der Waals surface area contributed by atoms with Crippen LogP contribution >= 0.6 is 11.8 Å². The van der Waals surface area contributed by atoms with Gasteiger partial charge in [0, 0.05) is 24.7 Å². The minimum absolute atomic E-state index is 0.0172. The summed E-state index contributed by atoms with van der Waals surface area (Å²) < 4.78 is 7.64. The molecule has 1 aliphatic carbocycles. The van der Waals surface area contributed by atoms with Crippen molar-refractivity contribution < 1.29 is 9.53 Å². The number of rotatable bonds is 8. The van der Waals surface area contributed by atoms with E-state index in [-0.39, 0.29) is 11.9 Å². The molecule has 4 rings (SSSR count). The third-order valence-electron chi connectivity index (χ3n) is 5.26. The van der Waals surface area contributed by atoms with Gasteiger partial charge in [0.05, 0.1) is 18.9 Å². The van der Waals surface area contributed by atoms with Crippen molar-refractivity contribution >= 4 is 23.6 Å². The number of anilines is 1. The van der Waals surface area contributed by atoms with E-state index in [2.05, 4.69) is 25.0 Å². The van der Waals surface area contributed by atoms with E-state index in [1.54, 1.807) is 7.11 Å². The Hall–Kier alpha value is -2.22. The van der Waals surface area contributed by atoms with Crippen molar-refractivity contribution in [2.75, 3.05) is 30.9 Å². The Bertz CT molecular complexity index is 830. The van der Waals surface area contributed by atoms with Crippen LogP contribution in [-0.2, 0) is 4.79 Å². The first-order valence-corrected chi connectivity index (χ1v) is 10.9. The number of ether oxygens (including phenoxy) is 1. The number of aromatic nitrogens is 3. The van der Waals surface area contributed by atoms with Crippen molar-refractivity contribution in [2.24, 2.45) is 0 Å². The lowest BCUT2D eigenvalue weighted by Gasteiger charge is -2.18. The number of thioether (sulfide) groups is 1. The lowest BCUT2D eigenvalue weighted by Crippen LogP contribution is -2.28. The van der Waals surface area contributed by atoms with Crippen LogP contribution in [-0.4, -0.2) is 46.6 Å². The van der Waals surface area contributed by atoms with Gasteiger partial charge in [-0.3, -0.25) is 9.36 Å². The number of benzene rings is 1. The number of carbonyl (C=O) groups excluding carboxylic acids is 1. The Kier molecular flexibility index (Phi) is 5.75. The van der Waals surface area contributed by atoms with E-state index in [0.29, 0.717) is 11.8 Å². The smallest absolute Gasteiger partial charge is 0.230 e. The molecule has 1 saturated heterocycles. The summed E-state index contributed by atoms with van der Waals surface area (Å²) in [6.07, 6.45) is 4.76. The molecule has 1 saturated carbocycles. The maximum absolute atomic E-state index is 12.5. The van der Waals surface area contributed by atoms with Gasteiger partial charge in [-0.05, 0) is 38.7 Å². The van der Waals surface area contributed by atoms with Crippen LogP contribution in [0.2, 0.25) is 0 Å². The minimum atomic E-state index is -0.120. The van der Waals surface area contributed by atoms with E-state index in [9.17, 15) is 4.79 Å². The van der Waals surface area contributed by atoms with Gasteiger partial charge in [-0.25, -0.2) is 0 Å². The molecule has 2 aliphatic rings. The predicted octanol–water partition coefficient (Wildman–Crippen LogP) is 3.19. The second kappa shape index (κ2) is 8.43. The third kappa shape index (κ3) is 4.11. The van der Waals surface area contributed by atoms with Crippen molar-refractivity contribution in [3.63, 3.8) is 0 Å². The Balaban J connectivity index is 1.38. The van der Waals surface area contributed by atoms with Crippen molar-refractivity contribution in [3.05, 3.63) is 29.8 Å². The normalized spacial score (nSPS) is 17.6. The molecule has 2 heterocycles. The van der Waals surface area contributed by atoms with Crippen LogP contribution < -0.4 is 15.0 Å². The third-order valence-corrected chi connectivity index (χ3v) is 6.21. The summed E-state index contributed by atoms with van der Waals surface area (Å²) in [7, 11) is 1.64. The Labute approximate surface area is 169 Å². The summed E-state index contributed by atoms with van der Waals surface area (Å²) >= 11 is 1.47. The minimum Gasteiger partial charge on any atom is -0.496 e. The van der Waals surface area contributed by atoms with Gasteiger partial charge in [0.25, 0.3) is 0 Å². The van der Waals surface area contributed by atoms with Crippen LogP contribution in [0.1, 0.15) is 50.3 Å². The molecule has 0 bridgehead atoms. The molecule has 0 spiro atoms. The summed E-state index contributed by atoms with van der Waals surface area (Å²) in [4.78, 5) is 14.8. The van der Waals surface area contributed by atoms with Gasteiger partial charge in [-0.2, -0.15) is 0 Å². The van der Waals surface area contributed by atoms with Gasteiger partial charge < -0.3 is 15.0 Å². The number of hydrogen-bond acceptors (Lipinski definition) is 6. The van der Waals surface area contributed by atoms with Crippen LogP contribution in [0.3, 0.4) is 0 Å². The van der Waals surface area contributed by atoms with Gasteiger partial charge in [-0.15, -0.1) is 10.2 Å². The zero-order valence-electron chi connectivity index (χ0n) is 16.4. The molecule has 1 amide bonds. The van der Waals surface area contributed by atoms with Crippen LogP contribution in [0.25, 0.3) is 0 Å². The average Bonchev–Trinajstić information content (AvgIpc) is 3.23. The van der Waals surface area contributed by atoms with E-state index >= 15 is 0 Å². The Morgan fingerprint density at radius 2 is 2.04 bits per heavy atom. The molecule has 1 atom stereocenters. The van der Waals surface area contributed by atoms with Crippen LogP contribution in [0.15, 0.2) is 29.4 Å². The Morgan fingerprint density at radius 3 is 2.75 bits per heavy atom. The summed E-state index contributed by atoms with van der Waals surface area (Å²) in [5.41, 5.74) is 0.973. The van der Waals surface area contributed by atoms with Gasteiger partial charge in [0.15, 0.2) is 5.16 Å². The molecule has 7 nitrogen and oxygen atoms in total. The van der Waals surface area contributed by atoms with Crippen molar-refractivity contribution in [2.45, 2.75) is 49.8 Å². The number of nitrogens with zero attached hydrogens (tertiary/aromatic N) is 4. The first-order chi connectivity index (χ1) is 13.7. The molecule has 8 heteroatoms. The Morgan fingerprint density at radius 1 is 1.29 bits per heavy atom. The highest BCUT2D eigenvalue weighted by molar-refractivity contribution is 7.99. The second-order valence-electron chi connectivity index (χ2n) is 7.40. The molecular weight excluding hydrogens is 374 g/mol. The van der Waals surface area contributed by atoms with E-state index in [1.807, 2.05) is 31.2 Å². The highest BCUT2D eigenvalue weighted by Crippen LogP contribution is 2.41. The number of amides is 1. The summed E-state index contributed by atoms with van der Waals surface area (Å²) in [5, 5.41) is 12.7. The summed E-state index contributed by atoms with van der Waals surface area (Å²) in [5.74, 6) is 2.07. The molecule has 150 valence electrons. The number of para-hydroxylation sites is 1. The van der Waals surface area contributed by atoms with E-state index in [4.69, 9.17) is 4.74 Å². The van der Waals surface area contributed by atoms with Gasteiger partial charge in [0.2, 0.25) is 11.9 Å². The predicted molar refractivity (Wildman–Crippen MR) is 110 cm³/mol. The fourth-order valence-electron chi connectivity index (χ4n) is 3.67. The number of nitrogens with one attached hydrogen (secondary N) is 1. The standard InChI is InChI=1S/C20H27N5O2S/c1-14(16-7-3-4-8-17(16)27-2)21-18(26)13-28-20-23-22-19(24-11-5-6-12-24)25(20)15-9-10-15/h3-4,7-8,14-15H,5-6,9-13H2,1-2H3,(H,21,26). The average molecular weight is 402 g/mol. The number of hydrogen-bond donors (Lipinski definition) is 1. The topological polar surface area (TPSA) is 72.3 Å². The molecule has 2 fully saturated rings. The number of carbonyl (C=O) groups is 1. The van der Waals surface area contributed by atoms with Crippen LogP contribution in [0.4, 0.5) is 5.95 Å². The van der Waals surface area contributed by atoms with Gasteiger partial charge in [-0.1, -0.05) is 30.0 Å². The molecule has 2 aromatic rings. The molecule has 1 aromatic carbocycles. The lowest BCUT2D eigenvalue weighted by molar-refractivity contribution is -0.119. The van der Waals surface area contributed by atoms with Gasteiger partial charge in [0.1, 0.15) is 5.75 Å². The fraction of sp³-hybridized carbons (Fsp3) is 0.550. The molecule has 1 aliphatic heterocycles. The zero-order chi connectivity index (χ0) is 19.5. The van der Waals surface area contributed by atoms with Crippen molar-refractivity contribution in [1.29, 1.82) is 0 Å². The first kappa shape index (κ1) is 19.1. The molecular formula is C20H27N5O2S. The molecule has 1 unspecified atom stereocenters. The van der Waals surface area contributed by atoms with Crippen molar-refractivity contribution in [1.82, 2.24) is 20.1 Å². The zero-order valence-corrected chi connectivity index (χ0v) is 17.2. The summed E-state index contributed by atoms with van der Waals surface area (Å²) in [6.45, 7) is 4.07. The van der Waals surface area contributed by atoms with Crippen LogP contribution in [0, 0.1) is 0 Å². The van der Waals surface area contributed by atoms with E-state index < -0.39 is 0 Å². The lowest BCUT2D eigenvalue weighted by atomic mass is 10.1. The quantitative estimate of drug-likeness (QED) is 0.685. The maximum Gasteiger partial charge on any atom is 0.230 e. The molecule has 1 N–H and O–H groups in total. The van der Waals surface area contributed by atoms with Crippen LogP contribution in [0.5, 0.6) is 5.75 Å². The summed E-state index contributed by atoms with van der Waals surface area (Å²) in [6, 6.07) is 8.13. The number of methoxy groups -OCH3 is 1.